The van der Waals surface area contributed by atoms with E-state index in [1.807, 2.05) is 17.5 Å². The van der Waals surface area contributed by atoms with Crippen LogP contribution in [-0.4, -0.2) is 5.91 Å². The van der Waals surface area contributed by atoms with Gasteiger partial charge in [0.25, 0.3) is 0 Å². The minimum atomic E-state index is -0.0433. The predicted molar refractivity (Wildman–Crippen MR) is 84.8 cm³/mol. The molecule has 0 spiro atoms. The molecule has 19 heavy (non-hydrogen) atoms. The molecular formula is C14H15BrN2OS. The summed E-state index contributed by atoms with van der Waals surface area (Å²) in [7, 11) is 0. The molecule has 0 aliphatic carbocycles. The smallest absolute Gasteiger partial charge is 0.221 e. The number of benzene rings is 1. The van der Waals surface area contributed by atoms with E-state index in [1.54, 1.807) is 11.3 Å². The van der Waals surface area contributed by atoms with E-state index in [-0.39, 0.29) is 5.91 Å². The lowest BCUT2D eigenvalue weighted by Crippen LogP contribution is -2.08. The SMILES string of the molecule is CC(=O)Nc1ccsc1CNc1cc(Br)ccc1C. The van der Waals surface area contributed by atoms with E-state index in [1.165, 1.54) is 12.5 Å². The summed E-state index contributed by atoms with van der Waals surface area (Å²) in [6.07, 6.45) is 0. The number of carbonyl (C=O) groups excluding carboxylic acids is 1. The Morgan fingerprint density at radius 1 is 1.32 bits per heavy atom. The average molecular weight is 339 g/mol. The Labute approximate surface area is 125 Å². The van der Waals surface area contributed by atoms with Crippen LogP contribution in [0.5, 0.6) is 0 Å². The highest BCUT2D eigenvalue weighted by Gasteiger charge is 2.06. The third kappa shape index (κ3) is 3.81. The van der Waals surface area contributed by atoms with Gasteiger partial charge in [-0.2, -0.15) is 0 Å². The number of hydrogen-bond acceptors (Lipinski definition) is 3. The van der Waals surface area contributed by atoms with E-state index in [4.69, 9.17) is 0 Å². The zero-order valence-corrected chi connectivity index (χ0v) is 13.2. The highest BCUT2D eigenvalue weighted by molar-refractivity contribution is 9.10. The van der Waals surface area contributed by atoms with Gasteiger partial charge in [-0.1, -0.05) is 22.0 Å². The van der Waals surface area contributed by atoms with Crippen LogP contribution in [0.25, 0.3) is 0 Å². The molecule has 2 aromatic rings. The molecule has 0 bridgehead atoms. The van der Waals surface area contributed by atoms with Gasteiger partial charge >= 0.3 is 0 Å². The fourth-order valence-corrected chi connectivity index (χ4v) is 2.87. The predicted octanol–water partition coefficient (Wildman–Crippen LogP) is 4.39. The summed E-state index contributed by atoms with van der Waals surface area (Å²) in [5, 5.41) is 8.22. The number of amides is 1. The van der Waals surface area contributed by atoms with Gasteiger partial charge in [-0.05, 0) is 36.1 Å². The molecule has 0 radical (unpaired) electrons. The number of hydrogen-bond donors (Lipinski definition) is 2. The number of thiophene rings is 1. The molecule has 0 atom stereocenters. The molecule has 2 N–H and O–H groups in total. The third-order valence-corrected chi connectivity index (χ3v) is 4.11. The molecule has 5 heteroatoms. The number of anilines is 2. The lowest BCUT2D eigenvalue weighted by Gasteiger charge is -2.10. The van der Waals surface area contributed by atoms with Crippen LogP contribution in [0.15, 0.2) is 34.1 Å². The summed E-state index contributed by atoms with van der Waals surface area (Å²) in [6, 6.07) is 8.07. The monoisotopic (exact) mass is 338 g/mol. The van der Waals surface area contributed by atoms with E-state index < -0.39 is 0 Å². The molecule has 1 amide bonds. The Balaban J connectivity index is 2.08. The van der Waals surface area contributed by atoms with Crippen molar-refractivity contribution in [1.82, 2.24) is 0 Å². The van der Waals surface area contributed by atoms with Crippen LogP contribution in [0.2, 0.25) is 0 Å². The summed E-state index contributed by atoms with van der Waals surface area (Å²) < 4.78 is 1.05. The summed E-state index contributed by atoms with van der Waals surface area (Å²) in [4.78, 5) is 12.2. The molecule has 0 saturated carbocycles. The van der Waals surface area contributed by atoms with E-state index in [0.29, 0.717) is 6.54 Å². The van der Waals surface area contributed by atoms with Crippen molar-refractivity contribution in [3.63, 3.8) is 0 Å². The summed E-state index contributed by atoms with van der Waals surface area (Å²) in [5.41, 5.74) is 3.18. The van der Waals surface area contributed by atoms with Gasteiger partial charge in [-0.15, -0.1) is 11.3 Å². The first-order valence-corrected chi connectivity index (χ1v) is 7.57. The quantitative estimate of drug-likeness (QED) is 0.867. The molecule has 0 fully saturated rings. The van der Waals surface area contributed by atoms with Crippen LogP contribution in [-0.2, 0) is 11.3 Å². The fourth-order valence-electron chi connectivity index (χ4n) is 1.74. The van der Waals surface area contributed by atoms with E-state index in [9.17, 15) is 4.79 Å². The lowest BCUT2D eigenvalue weighted by atomic mass is 10.2. The van der Waals surface area contributed by atoms with Crippen molar-refractivity contribution in [3.05, 3.63) is 44.6 Å². The Kier molecular flexibility index (Phi) is 4.61. The van der Waals surface area contributed by atoms with Crippen LogP contribution in [0.1, 0.15) is 17.4 Å². The van der Waals surface area contributed by atoms with Crippen LogP contribution >= 0.6 is 27.3 Å². The third-order valence-electron chi connectivity index (χ3n) is 2.70. The van der Waals surface area contributed by atoms with Crippen molar-refractivity contribution in [2.24, 2.45) is 0 Å². The molecule has 0 aliphatic rings. The Bertz CT molecular complexity index is 595. The first-order chi connectivity index (χ1) is 9.06. The Hall–Kier alpha value is -1.33. The van der Waals surface area contributed by atoms with Gasteiger partial charge in [-0.25, -0.2) is 0 Å². The lowest BCUT2D eigenvalue weighted by molar-refractivity contribution is -0.114. The van der Waals surface area contributed by atoms with Gasteiger partial charge in [0.15, 0.2) is 0 Å². The molecule has 0 aliphatic heterocycles. The van der Waals surface area contributed by atoms with Crippen molar-refractivity contribution >= 4 is 44.5 Å². The first kappa shape index (κ1) is 14.1. The number of carbonyl (C=O) groups is 1. The van der Waals surface area contributed by atoms with Crippen LogP contribution in [0.3, 0.4) is 0 Å². The summed E-state index contributed by atoms with van der Waals surface area (Å²) >= 11 is 5.10. The van der Waals surface area contributed by atoms with Crippen LogP contribution < -0.4 is 10.6 Å². The molecule has 100 valence electrons. The van der Waals surface area contributed by atoms with Crippen molar-refractivity contribution in [2.45, 2.75) is 20.4 Å². The van der Waals surface area contributed by atoms with Crippen molar-refractivity contribution in [2.75, 3.05) is 10.6 Å². The highest BCUT2D eigenvalue weighted by Crippen LogP contribution is 2.25. The first-order valence-electron chi connectivity index (χ1n) is 5.90. The van der Waals surface area contributed by atoms with Crippen molar-refractivity contribution in [1.29, 1.82) is 0 Å². The average Bonchev–Trinajstić information content (AvgIpc) is 2.77. The highest BCUT2D eigenvalue weighted by atomic mass is 79.9. The zero-order valence-electron chi connectivity index (χ0n) is 10.8. The molecule has 1 aromatic heterocycles. The molecule has 0 unspecified atom stereocenters. The largest absolute Gasteiger partial charge is 0.380 e. The summed E-state index contributed by atoms with van der Waals surface area (Å²) in [5.74, 6) is -0.0433. The van der Waals surface area contributed by atoms with Crippen LogP contribution in [0.4, 0.5) is 11.4 Å². The maximum Gasteiger partial charge on any atom is 0.221 e. The fraction of sp³-hybridized carbons (Fsp3) is 0.214. The molecule has 0 saturated heterocycles. The molecule has 3 nitrogen and oxygen atoms in total. The maximum atomic E-state index is 11.1. The second kappa shape index (κ2) is 6.21. The van der Waals surface area contributed by atoms with Crippen LogP contribution in [0, 0.1) is 6.92 Å². The molecule has 2 rings (SSSR count). The topological polar surface area (TPSA) is 41.1 Å². The van der Waals surface area contributed by atoms with Gasteiger partial charge in [0.1, 0.15) is 0 Å². The Morgan fingerprint density at radius 2 is 2.11 bits per heavy atom. The van der Waals surface area contributed by atoms with Gasteiger partial charge < -0.3 is 10.6 Å². The van der Waals surface area contributed by atoms with Crippen molar-refractivity contribution in [3.8, 4) is 0 Å². The van der Waals surface area contributed by atoms with E-state index >= 15 is 0 Å². The zero-order chi connectivity index (χ0) is 13.8. The molecular weight excluding hydrogens is 324 g/mol. The number of aryl methyl sites for hydroxylation is 1. The van der Waals surface area contributed by atoms with Crippen molar-refractivity contribution < 1.29 is 4.79 Å². The van der Waals surface area contributed by atoms with E-state index in [2.05, 4.69) is 45.6 Å². The minimum Gasteiger partial charge on any atom is -0.380 e. The second-order valence-electron chi connectivity index (χ2n) is 4.25. The van der Waals surface area contributed by atoms with E-state index in [0.717, 1.165) is 20.7 Å². The molecule has 1 aromatic carbocycles. The van der Waals surface area contributed by atoms with Gasteiger partial charge in [0, 0.05) is 22.0 Å². The van der Waals surface area contributed by atoms with Gasteiger partial charge in [-0.3, -0.25) is 4.79 Å². The van der Waals surface area contributed by atoms with Gasteiger partial charge in [0.2, 0.25) is 5.91 Å². The standard InChI is InChI=1S/C14H15BrN2OS/c1-9-3-4-11(15)7-13(9)16-8-14-12(5-6-19-14)17-10(2)18/h3-7,16H,8H2,1-2H3,(H,17,18). The molecule has 1 heterocycles. The number of nitrogens with one attached hydrogen (secondary N) is 2. The second-order valence-corrected chi connectivity index (χ2v) is 6.17. The maximum absolute atomic E-state index is 11.1. The minimum absolute atomic E-state index is 0.0433. The number of halogens is 1. The normalized spacial score (nSPS) is 10.3. The Morgan fingerprint density at radius 3 is 2.84 bits per heavy atom. The van der Waals surface area contributed by atoms with Gasteiger partial charge in [0.05, 0.1) is 12.2 Å². The summed E-state index contributed by atoms with van der Waals surface area (Å²) in [6.45, 7) is 4.29. The number of rotatable bonds is 4.